The summed E-state index contributed by atoms with van der Waals surface area (Å²) in [5.41, 5.74) is 0.603. The number of Topliss-reactive ketones (excluding diaryl/α,β-unsaturated/α-hetero) is 1. The van der Waals surface area contributed by atoms with E-state index >= 15 is 0 Å². The molecule has 2 heterocycles. The molecule has 1 aliphatic heterocycles. The normalized spacial score (nSPS) is 15.7. The van der Waals surface area contributed by atoms with Crippen molar-refractivity contribution in [2.75, 3.05) is 18.8 Å². The summed E-state index contributed by atoms with van der Waals surface area (Å²) in [6.07, 6.45) is 3.90. The largest absolute Gasteiger partial charge is 0.418 e. The highest BCUT2D eigenvalue weighted by molar-refractivity contribution is 7.90. The van der Waals surface area contributed by atoms with E-state index in [1.165, 1.54) is 0 Å². The second-order valence-corrected chi connectivity index (χ2v) is 11.6. The van der Waals surface area contributed by atoms with E-state index in [4.69, 9.17) is 4.42 Å². The van der Waals surface area contributed by atoms with Gasteiger partial charge in [0.1, 0.15) is 0 Å². The van der Waals surface area contributed by atoms with Crippen LogP contribution in [0.5, 0.6) is 0 Å². The zero-order chi connectivity index (χ0) is 26.8. The zero-order valence-electron chi connectivity index (χ0n) is 21.5. The van der Waals surface area contributed by atoms with Gasteiger partial charge in [0.2, 0.25) is 23.5 Å². The number of benzene rings is 1. The Morgan fingerprint density at radius 2 is 1.76 bits per heavy atom. The van der Waals surface area contributed by atoms with Crippen molar-refractivity contribution in [3.05, 3.63) is 47.7 Å². The average molecular weight is 533 g/mol. The number of hydrogen-bond donors (Lipinski definition) is 1. The molecule has 37 heavy (non-hydrogen) atoms. The lowest BCUT2D eigenvalue weighted by Gasteiger charge is -2.28. The SMILES string of the molecule is CCCC(NC(=O)C(CC(=O)N1CCCCC1)CS(=O)(=O)Cc1ccccc1)C(=O)c1nnc(CC)o1. The van der Waals surface area contributed by atoms with Gasteiger partial charge in [-0.25, -0.2) is 8.42 Å². The van der Waals surface area contributed by atoms with Crippen molar-refractivity contribution in [1.29, 1.82) is 0 Å². The Balaban J connectivity index is 1.78. The predicted octanol–water partition coefficient (Wildman–Crippen LogP) is 2.73. The molecule has 1 aromatic carbocycles. The summed E-state index contributed by atoms with van der Waals surface area (Å²) >= 11 is 0. The Morgan fingerprint density at radius 1 is 1.05 bits per heavy atom. The molecule has 1 aromatic heterocycles. The van der Waals surface area contributed by atoms with Gasteiger partial charge in [-0.1, -0.05) is 50.6 Å². The summed E-state index contributed by atoms with van der Waals surface area (Å²) in [7, 11) is -3.73. The molecule has 0 saturated carbocycles. The Labute approximate surface area is 218 Å². The van der Waals surface area contributed by atoms with E-state index in [0.29, 0.717) is 43.8 Å². The highest BCUT2D eigenvalue weighted by Gasteiger charge is 2.33. The summed E-state index contributed by atoms with van der Waals surface area (Å²) in [5.74, 6) is -3.20. The van der Waals surface area contributed by atoms with E-state index < -0.39 is 39.2 Å². The molecule has 2 aromatic rings. The molecule has 3 rings (SSSR count). The van der Waals surface area contributed by atoms with E-state index in [-0.39, 0.29) is 24.0 Å². The fourth-order valence-electron chi connectivity index (χ4n) is 4.40. The van der Waals surface area contributed by atoms with Crippen LogP contribution in [0.3, 0.4) is 0 Å². The van der Waals surface area contributed by atoms with E-state index in [0.717, 1.165) is 19.3 Å². The van der Waals surface area contributed by atoms with Crippen molar-refractivity contribution in [3.63, 3.8) is 0 Å². The number of nitrogens with zero attached hydrogens (tertiary/aromatic N) is 3. The molecule has 1 saturated heterocycles. The van der Waals surface area contributed by atoms with Gasteiger partial charge in [-0.15, -0.1) is 10.2 Å². The summed E-state index contributed by atoms with van der Waals surface area (Å²) in [4.78, 5) is 41.1. The number of nitrogens with one attached hydrogen (secondary N) is 1. The quantitative estimate of drug-likeness (QED) is 0.389. The minimum Gasteiger partial charge on any atom is -0.418 e. The minimum atomic E-state index is -3.73. The summed E-state index contributed by atoms with van der Waals surface area (Å²) < 4.78 is 31.5. The molecule has 0 radical (unpaired) electrons. The third-order valence-corrected chi connectivity index (χ3v) is 8.06. The monoisotopic (exact) mass is 532 g/mol. The number of hydrogen-bond acceptors (Lipinski definition) is 8. The number of aromatic nitrogens is 2. The molecule has 2 atom stereocenters. The van der Waals surface area contributed by atoms with E-state index in [1.54, 1.807) is 35.2 Å². The lowest BCUT2D eigenvalue weighted by Crippen LogP contribution is -2.47. The number of piperidine rings is 1. The Morgan fingerprint density at radius 3 is 2.38 bits per heavy atom. The van der Waals surface area contributed by atoms with Crippen LogP contribution in [-0.4, -0.2) is 66.0 Å². The van der Waals surface area contributed by atoms with Crippen molar-refractivity contribution >= 4 is 27.4 Å². The van der Waals surface area contributed by atoms with Crippen LogP contribution >= 0.6 is 0 Å². The van der Waals surface area contributed by atoms with Crippen LogP contribution in [0, 0.1) is 5.92 Å². The van der Waals surface area contributed by atoms with Gasteiger partial charge in [-0.2, -0.15) is 0 Å². The van der Waals surface area contributed by atoms with Gasteiger partial charge in [0, 0.05) is 25.9 Å². The number of sulfone groups is 1. The van der Waals surface area contributed by atoms with E-state index in [1.807, 2.05) is 13.8 Å². The molecule has 0 aliphatic carbocycles. The van der Waals surface area contributed by atoms with Crippen molar-refractivity contribution in [2.45, 2.75) is 70.6 Å². The number of likely N-dealkylation sites (tertiary alicyclic amines) is 1. The smallest absolute Gasteiger partial charge is 0.286 e. The van der Waals surface area contributed by atoms with Crippen LogP contribution < -0.4 is 5.32 Å². The number of ketones is 1. The highest BCUT2D eigenvalue weighted by atomic mass is 32.2. The Kier molecular flexibility index (Phi) is 10.4. The molecule has 1 N–H and O–H groups in total. The van der Waals surface area contributed by atoms with Crippen LogP contribution in [0.2, 0.25) is 0 Å². The number of carbonyl (C=O) groups is 3. The molecule has 0 spiro atoms. The molecule has 1 aliphatic rings. The van der Waals surface area contributed by atoms with Crippen molar-refractivity contribution in [3.8, 4) is 0 Å². The lowest BCUT2D eigenvalue weighted by atomic mass is 10.0. The number of amides is 2. The van der Waals surface area contributed by atoms with Crippen molar-refractivity contribution < 1.29 is 27.2 Å². The first kappa shape index (κ1) is 28.5. The van der Waals surface area contributed by atoms with Gasteiger partial charge < -0.3 is 14.6 Å². The average Bonchev–Trinajstić information content (AvgIpc) is 3.37. The standard InChI is InChI=1S/C26H36N4O6S/c1-3-11-21(24(32)26-29-28-22(4-2)36-26)27-25(33)20(16-23(31)30-14-9-6-10-15-30)18-37(34,35)17-19-12-7-5-8-13-19/h5,7-8,12-13,20-21H,3-4,6,9-11,14-18H2,1-2H3,(H,27,33). The van der Waals surface area contributed by atoms with Gasteiger partial charge in [-0.05, 0) is 31.2 Å². The molecule has 202 valence electrons. The topological polar surface area (TPSA) is 140 Å². The van der Waals surface area contributed by atoms with Gasteiger partial charge in [0.25, 0.3) is 5.89 Å². The third kappa shape index (κ3) is 8.48. The van der Waals surface area contributed by atoms with Gasteiger partial charge >= 0.3 is 0 Å². The second kappa shape index (κ2) is 13.5. The summed E-state index contributed by atoms with van der Waals surface area (Å²) in [6.45, 7) is 4.86. The lowest BCUT2D eigenvalue weighted by molar-refractivity contribution is -0.136. The van der Waals surface area contributed by atoms with E-state index in [2.05, 4.69) is 15.5 Å². The number of rotatable bonds is 13. The first-order valence-corrected chi connectivity index (χ1v) is 14.7. The van der Waals surface area contributed by atoms with Crippen LogP contribution in [-0.2, 0) is 31.6 Å². The first-order chi connectivity index (χ1) is 17.7. The van der Waals surface area contributed by atoms with Crippen molar-refractivity contribution in [1.82, 2.24) is 20.4 Å². The maximum Gasteiger partial charge on any atom is 0.286 e. The summed E-state index contributed by atoms with van der Waals surface area (Å²) in [5, 5.41) is 10.3. The molecule has 2 amide bonds. The molecule has 1 fully saturated rings. The van der Waals surface area contributed by atoms with Crippen molar-refractivity contribution in [2.24, 2.45) is 5.92 Å². The van der Waals surface area contributed by atoms with E-state index in [9.17, 15) is 22.8 Å². The maximum atomic E-state index is 13.4. The fourth-order valence-corrected chi connectivity index (χ4v) is 6.10. The maximum absolute atomic E-state index is 13.4. The third-order valence-electron chi connectivity index (χ3n) is 6.38. The molecular formula is C26H36N4O6S. The fraction of sp³-hybridized carbons (Fsp3) is 0.577. The van der Waals surface area contributed by atoms with Gasteiger partial charge in [-0.3, -0.25) is 14.4 Å². The highest BCUT2D eigenvalue weighted by Crippen LogP contribution is 2.18. The van der Waals surface area contributed by atoms with Crippen LogP contribution in [0.1, 0.15) is 74.5 Å². The number of aryl methyl sites for hydroxylation is 1. The van der Waals surface area contributed by atoms with Crippen LogP contribution in [0.15, 0.2) is 34.7 Å². The first-order valence-electron chi connectivity index (χ1n) is 12.9. The molecular weight excluding hydrogens is 496 g/mol. The van der Waals surface area contributed by atoms with Gasteiger partial charge in [0.05, 0.1) is 23.5 Å². The van der Waals surface area contributed by atoms with Gasteiger partial charge in [0.15, 0.2) is 9.84 Å². The molecule has 11 heteroatoms. The van der Waals surface area contributed by atoms with Crippen LogP contribution in [0.25, 0.3) is 0 Å². The molecule has 0 bridgehead atoms. The summed E-state index contributed by atoms with van der Waals surface area (Å²) in [6, 6.07) is 7.73. The van der Waals surface area contributed by atoms with Crippen LogP contribution in [0.4, 0.5) is 0 Å². The Bertz CT molecular complexity index is 1160. The predicted molar refractivity (Wildman–Crippen MR) is 137 cm³/mol. The minimum absolute atomic E-state index is 0.201. The second-order valence-electron chi connectivity index (χ2n) is 9.45. The zero-order valence-corrected chi connectivity index (χ0v) is 22.3. The number of carbonyl (C=O) groups excluding carboxylic acids is 3. The Hall–Kier alpha value is -3.08. The molecule has 2 unspecified atom stereocenters. The molecule has 10 nitrogen and oxygen atoms in total.